The molecule has 0 saturated heterocycles. The van der Waals surface area contributed by atoms with Gasteiger partial charge in [0.15, 0.2) is 0 Å². The molecule has 0 N–H and O–H groups in total. The third-order valence-corrected chi connectivity index (χ3v) is 2.65. The molecule has 0 amide bonds. The third-order valence-electron chi connectivity index (χ3n) is 2.65. The van der Waals surface area contributed by atoms with Gasteiger partial charge in [0.1, 0.15) is 17.5 Å². The van der Waals surface area contributed by atoms with Gasteiger partial charge in [-0.15, -0.1) is 0 Å². The first-order valence-corrected chi connectivity index (χ1v) is 5.25. The molecule has 84 valence electrons. The predicted molar refractivity (Wildman–Crippen MR) is 54.5 cm³/mol. The minimum atomic E-state index is -0.716. The van der Waals surface area contributed by atoms with Crippen LogP contribution >= 0.6 is 0 Å². The average molecular weight is 216 g/mol. The Labute approximate surface area is 88.1 Å². The standard InChI is InChI=1S/C12H15F3/c1-4-7-10(13)8(5-2)12(15)9(6-3)11(7)14/h4-6H2,1-3H3. The molecule has 0 spiro atoms. The van der Waals surface area contributed by atoms with Gasteiger partial charge in [-0.25, -0.2) is 13.2 Å². The van der Waals surface area contributed by atoms with Gasteiger partial charge < -0.3 is 0 Å². The van der Waals surface area contributed by atoms with Crippen molar-refractivity contribution in [2.75, 3.05) is 0 Å². The molecule has 0 saturated carbocycles. The normalized spacial score (nSPS) is 10.8. The summed E-state index contributed by atoms with van der Waals surface area (Å²) in [4.78, 5) is 0. The van der Waals surface area contributed by atoms with E-state index in [4.69, 9.17) is 0 Å². The van der Waals surface area contributed by atoms with Crippen molar-refractivity contribution >= 4 is 0 Å². The topological polar surface area (TPSA) is 0 Å². The number of benzene rings is 1. The fraction of sp³-hybridized carbons (Fsp3) is 0.500. The van der Waals surface area contributed by atoms with Crippen LogP contribution < -0.4 is 0 Å². The third kappa shape index (κ3) is 1.87. The molecule has 0 bridgehead atoms. The highest BCUT2D eigenvalue weighted by atomic mass is 19.1. The molecule has 0 nitrogen and oxygen atoms in total. The Bertz CT molecular complexity index is 291. The molecule has 0 aromatic heterocycles. The predicted octanol–water partition coefficient (Wildman–Crippen LogP) is 3.79. The van der Waals surface area contributed by atoms with Gasteiger partial charge in [0, 0.05) is 16.7 Å². The zero-order valence-corrected chi connectivity index (χ0v) is 9.26. The van der Waals surface area contributed by atoms with Gasteiger partial charge in [0.2, 0.25) is 0 Å². The molecule has 15 heavy (non-hydrogen) atoms. The highest BCUT2D eigenvalue weighted by molar-refractivity contribution is 5.35. The van der Waals surface area contributed by atoms with E-state index >= 15 is 0 Å². The van der Waals surface area contributed by atoms with Gasteiger partial charge in [0.25, 0.3) is 0 Å². The molecular weight excluding hydrogens is 201 g/mol. The van der Waals surface area contributed by atoms with E-state index in [0.717, 1.165) is 0 Å². The van der Waals surface area contributed by atoms with Crippen LogP contribution in [0.15, 0.2) is 0 Å². The molecule has 0 unspecified atom stereocenters. The van der Waals surface area contributed by atoms with E-state index < -0.39 is 17.5 Å². The molecule has 1 rings (SSSR count). The van der Waals surface area contributed by atoms with E-state index in [1.807, 2.05) is 0 Å². The van der Waals surface area contributed by atoms with Crippen molar-refractivity contribution in [3.05, 3.63) is 34.1 Å². The second-order valence-corrected chi connectivity index (χ2v) is 3.44. The van der Waals surface area contributed by atoms with E-state index in [0.29, 0.717) is 0 Å². The van der Waals surface area contributed by atoms with E-state index in [1.165, 1.54) is 0 Å². The van der Waals surface area contributed by atoms with Gasteiger partial charge in [-0.05, 0) is 19.3 Å². The summed E-state index contributed by atoms with van der Waals surface area (Å²) < 4.78 is 40.9. The van der Waals surface area contributed by atoms with Crippen LogP contribution in [0.2, 0.25) is 0 Å². The molecule has 0 aliphatic carbocycles. The maximum absolute atomic E-state index is 13.6. The van der Waals surface area contributed by atoms with Crippen LogP contribution in [0.25, 0.3) is 0 Å². The summed E-state index contributed by atoms with van der Waals surface area (Å²) in [5, 5.41) is 0. The second kappa shape index (κ2) is 4.69. The zero-order chi connectivity index (χ0) is 11.6. The van der Waals surface area contributed by atoms with E-state index in [9.17, 15) is 13.2 Å². The van der Waals surface area contributed by atoms with E-state index in [1.54, 1.807) is 20.8 Å². The molecule has 0 aliphatic rings. The summed E-state index contributed by atoms with van der Waals surface area (Å²) >= 11 is 0. The van der Waals surface area contributed by atoms with Gasteiger partial charge in [-0.3, -0.25) is 0 Å². The highest BCUT2D eigenvalue weighted by Gasteiger charge is 2.21. The molecule has 3 heteroatoms. The summed E-state index contributed by atoms with van der Waals surface area (Å²) in [7, 11) is 0. The molecule has 0 aliphatic heterocycles. The summed E-state index contributed by atoms with van der Waals surface area (Å²) in [6.07, 6.45) is 0.744. The first kappa shape index (κ1) is 12.1. The lowest BCUT2D eigenvalue weighted by Gasteiger charge is -2.12. The van der Waals surface area contributed by atoms with Crippen molar-refractivity contribution in [2.24, 2.45) is 0 Å². The summed E-state index contributed by atoms with van der Waals surface area (Å²) in [5.41, 5.74) is 0.0142. The smallest absolute Gasteiger partial charge is 0.135 e. The highest BCUT2D eigenvalue weighted by Crippen LogP contribution is 2.26. The second-order valence-electron chi connectivity index (χ2n) is 3.44. The fourth-order valence-electron chi connectivity index (χ4n) is 1.77. The van der Waals surface area contributed by atoms with Gasteiger partial charge in [-0.2, -0.15) is 0 Å². The average Bonchev–Trinajstić information content (AvgIpc) is 2.19. The zero-order valence-electron chi connectivity index (χ0n) is 9.26. The van der Waals surface area contributed by atoms with Crippen molar-refractivity contribution in [2.45, 2.75) is 40.0 Å². The Kier molecular flexibility index (Phi) is 3.77. The first-order chi connectivity index (χ1) is 7.08. The molecule has 1 aromatic rings. The Balaban J connectivity index is 3.57. The number of halogens is 3. The van der Waals surface area contributed by atoms with E-state index in [2.05, 4.69) is 0 Å². The van der Waals surface area contributed by atoms with E-state index in [-0.39, 0.29) is 36.0 Å². The number of hydrogen-bond acceptors (Lipinski definition) is 0. The minimum absolute atomic E-state index is 0.00472. The monoisotopic (exact) mass is 216 g/mol. The van der Waals surface area contributed by atoms with Crippen molar-refractivity contribution in [3.8, 4) is 0 Å². The lowest BCUT2D eigenvalue weighted by Crippen LogP contribution is -2.08. The lowest BCUT2D eigenvalue weighted by molar-refractivity contribution is 0.495. The van der Waals surface area contributed by atoms with Gasteiger partial charge >= 0.3 is 0 Å². The largest absolute Gasteiger partial charge is 0.206 e. The molecule has 0 fully saturated rings. The van der Waals surface area contributed by atoms with Crippen LogP contribution in [0.3, 0.4) is 0 Å². The molecule has 1 aromatic carbocycles. The molecule has 0 radical (unpaired) electrons. The fourth-order valence-corrected chi connectivity index (χ4v) is 1.77. The molecule has 0 atom stereocenters. The SMILES string of the molecule is CCc1c(F)c(CC)c(F)c(CC)c1F. The summed E-state index contributed by atoms with van der Waals surface area (Å²) in [6.45, 7) is 4.99. The van der Waals surface area contributed by atoms with Gasteiger partial charge in [0.05, 0.1) is 0 Å². The van der Waals surface area contributed by atoms with Crippen molar-refractivity contribution in [1.29, 1.82) is 0 Å². The van der Waals surface area contributed by atoms with Gasteiger partial charge in [-0.1, -0.05) is 20.8 Å². The summed E-state index contributed by atoms with van der Waals surface area (Å²) in [5.74, 6) is -2.15. The van der Waals surface area contributed by atoms with Crippen molar-refractivity contribution in [1.82, 2.24) is 0 Å². The van der Waals surface area contributed by atoms with Crippen LogP contribution in [0.4, 0.5) is 13.2 Å². The molecular formula is C12H15F3. The quantitative estimate of drug-likeness (QED) is 0.721. The Morgan fingerprint density at radius 2 is 0.800 bits per heavy atom. The maximum atomic E-state index is 13.6. The summed E-state index contributed by atoms with van der Waals surface area (Å²) in [6, 6.07) is 0. The maximum Gasteiger partial charge on any atom is 0.135 e. The lowest BCUT2D eigenvalue weighted by atomic mass is 9.98. The Morgan fingerprint density at radius 3 is 0.933 bits per heavy atom. The van der Waals surface area contributed by atoms with Crippen LogP contribution in [-0.2, 0) is 19.3 Å². The minimum Gasteiger partial charge on any atom is -0.206 e. The number of rotatable bonds is 3. The molecule has 0 heterocycles. The Hall–Kier alpha value is -0.990. The number of hydrogen-bond donors (Lipinski definition) is 0. The van der Waals surface area contributed by atoms with Crippen LogP contribution in [0, 0.1) is 17.5 Å². The van der Waals surface area contributed by atoms with Crippen molar-refractivity contribution < 1.29 is 13.2 Å². The van der Waals surface area contributed by atoms with Crippen LogP contribution in [0.5, 0.6) is 0 Å². The van der Waals surface area contributed by atoms with Crippen molar-refractivity contribution in [3.63, 3.8) is 0 Å². The Morgan fingerprint density at radius 1 is 0.600 bits per heavy atom. The van der Waals surface area contributed by atoms with Crippen LogP contribution in [-0.4, -0.2) is 0 Å². The first-order valence-electron chi connectivity index (χ1n) is 5.25. The van der Waals surface area contributed by atoms with Crippen LogP contribution in [0.1, 0.15) is 37.5 Å².